The second kappa shape index (κ2) is 4.71. The van der Waals surface area contributed by atoms with Crippen molar-refractivity contribution in [2.24, 2.45) is 16.9 Å². The molecule has 5 heteroatoms. The molecule has 1 aliphatic heterocycles. The summed E-state index contributed by atoms with van der Waals surface area (Å²) in [6, 6.07) is 0. The van der Waals surface area contributed by atoms with Crippen molar-refractivity contribution >= 4 is 17.5 Å². The van der Waals surface area contributed by atoms with Gasteiger partial charge in [0.2, 0.25) is 5.91 Å². The number of nitrogens with zero attached hydrogens (tertiary/aromatic N) is 2. The third-order valence-electron chi connectivity index (χ3n) is 3.79. The maximum atomic E-state index is 12.4. The average Bonchev–Trinajstić information content (AvgIpc) is 3.23. The summed E-state index contributed by atoms with van der Waals surface area (Å²) in [5.41, 5.74) is 2.93. The van der Waals surface area contributed by atoms with Crippen molar-refractivity contribution in [2.75, 3.05) is 13.1 Å². The second-order valence-electron chi connectivity index (χ2n) is 5.69. The van der Waals surface area contributed by atoms with Crippen molar-refractivity contribution in [2.45, 2.75) is 38.5 Å². The fourth-order valence-electron chi connectivity index (χ4n) is 2.28. The number of hydrogen-bond donors (Lipinski definition) is 1. The SMILES string of the molecule is O=C1CCC(C(=O)N(CC2CC2)CC2CC2)=NN1. The molecule has 0 aromatic heterocycles. The first-order valence-corrected chi connectivity index (χ1v) is 6.87. The van der Waals surface area contributed by atoms with Crippen molar-refractivity contribution in [1.82, 2.24) is 10.3 Å². The molecule has 0 unspecified atom stereocenters. The van der Waals surface area contributed by atoms with E-state index < -0.39 is 0 Å². The molecule has 2 aliphatic carbocycles. The van der Waals surface area contributed by atoms with Crippen molar-refractivity contribution in [1.29, 1.82) is 0 Å². The number of nitrogens with one attached hydrogen (secondary N) is 1. The molecule has 98 valence electrons. The number of carbonyl (C=O) groups is 2. The van der Waals surface area contributed by atoms with E-state index >= 15 is 0 Å². The van der Waals surface area contributed by atoms with Crippen molar-refractivity contribution in [3.05, 3.63) is 0 Å². The third-order valence-corrected chi connectivity index (χ3v) is 3.79. The van der Waals surface area contributed by atoms with Gasteiger partial charge in [-0.05, 0) is 37.5 Å². The first-order valence-electron chi connectivity index (χ1n) is 6.87. The van der Waals surface area contributed by atoms with Gasteiger partial charge in [0.15, 0.2) is 0 Å². The van der Waals surface area contributed by atoms with Gasteiger partial charge in [-0.25, -0.2) is 5.43 Å². The summed E-state index contributed by atoms with van der Waals surface area (Å²) in [5.74, 6) is 1.34. The number of carbonyl (C=O) groups excluding carboxylic acids is 2. The van der Waals surface area contributed by atoms with Crippen LogP contribution in [0, 0.1) is 11.8 Å². The molecule has 2 saturated carbocycles. The molecule has 0 spiro atoms. The van der Waals surface area contributed by atoms with Crippen LogP contribution in [-0.2, 0) is 9.59 Å². The summed E-state index contributed by atoms with van der Waals surface area (Å²) in [7, 11) is 0. The quantitative estimate of drug-likeness (QED) is 0.787. The lowest BCUT2D eigenvalue weighted by Crippen LogP contribution is -2.42. The number of hydrazone groups is 1. The molecule has 5 nitrogen and oxygen atoms in total. The lowest BCUT2D eigenvalue weighted by Gasteiger charge is -2.24. The Morgan fingerprint density at radius 1 is 1.17 bits per heavy atom. The van der Waals surface area contributed by atoms with Crippen LogP contribution in [0.25, 0.3) is 0 Å². The lowest BCUT2D eigenvalue weighted by molar-refractivity contribution is -0.125. The van der Waals surface area contributed by atoms with Crippen molar-refractivity contribution < 1.29 is 9.59 Å². The molecule has 2 amide bonds. The fraction of sp³-hybridized carbons (Fsp3) is 0.769. The van der Waals surface area contributed by atoms with E-state index in [1.165, 1.54) is 25.7 Å². The molecule has 18 heavy (non-hydrogen) atoms. The fourth-order valence-corrected chi connectivity index (χ4v) is 2.28. The summed E-state index contributed by atoms with van der Waals surface area (Å²) in [6.07, 6.45) is 5.85. The van der Waals surface area contributed by atoms with E-state index in [2.05, 4.69) is 10.5 Å². The molecule has 0 aromatic carbocycles. The van der Waals surface area contributed by atoms with Gasteiger partial charge in [-0.15, -0.1) is 0 Å². The van der Waals surface area contributed by atoms with Crippen molar-refractivity contribution in [3.8, 4) is 0 Å². The predicted octanol–water partition coefficient (Wildman–Crippen LogP) is 0.901. The minimum Gasteiger partial charge on any atom is -0.337 e. The summed E-state index contributed by atoms with van der Waals surface area (Å²) in [6.45, 7) is 1.75. The molecular weight excluding hydrogens is 230 g/mol. The monoisotopic (exact) mass is 249 g/mol. The Morgan fingerprint density at radius 2 is 1.78 bits per heavy atom. The predicted molar refractivity (Wildman–Crippen MR) is 66.8 cm³/mol. The Kier molecular flexibility index (Phi) is 3.06. The molecule has 2 fully saturated rings. The normalized spacial score (nSPS) is 23.3. The molecule has 0 radical (unpaired) electrons. The topological polar surface area (TPSA) is 61.8 Å². The standard InChI is InChI=1S/C13H19N3O2/c17-12-6-5-11(14-15-12)13(18)16(7-9-1-2-9)8-10-3-4-10/h9-10H,1-8H2,(H,15,17). The van der Waals surface area contributed by atoms with Gasteiger partial charge >= 0.3 is 0 Å². The zero-order valence-corrected chi connectivity index (χ0v) is 10.5. The highest BCUT2D eigenvalue weighted by atomic mass is 16.2. The largest absolute Gasteiger partial charge is 0.337 e. The van der Waals surface area contributed by atoms with Crippen LogP contribution in [0.3, 0.4) is 0 Å². The van der Waals surface area contributed by atoms with Crippen LogP contribution in [-0.4, -0.2) is 35.5 Å². The molecular formula is C13H19N3O2. The minimum absolute atomic E-state index is 0.0359. The molecule has 1 heterocycles. The molecule has 0 aromatic rings. The first kappa shape index (κ1) is 11.7. The highest BCUT2D eigenvalue weighted by molar-refractivity contribution is 6.39. The van der Waals surface area contributed by atoms with E-state index in [4.69, 9.17) is 0 Å². The Bertz CT molecular complexity index is 383. The highest BCUT2D eigenvalue weighted by Crippen LogP contribution is 2.33. The van der Waals surface area contributed by atoms with Crippen LogP contribution in [0.1, 0.15) is 38.5 Å². The van der Waals surface area contributed by atoms with Crippen LogP contribution >= 0.6 is 0 Å². The summed E-state index contributed by atoms with van der Waals surface area (Å²) in [5, 5.41) is 3.91. The average molecular weight is 249 g/mol. The van der Waals surface area contributed by atoms with Gasteiger partial charge in [0, 0.05) is 25.9 Å². The zero-order chi connectivity index (χ0) is 12.5. The van der Waals surface area contributed by atoms with Crippen LogP contribution < -0.4 is 5.43 Å². The maximum absolute atomic E-state index is 12.4. The van der Waals surface area contributed by atoms with Crippen molar-refractivity contribution in [3.63, 3.8) is 0 Å². The van der Waals surface area contributed by atoms with E-state index in [-0.39, 0.29) is 11.8 Å². The Morgan fingerprint density at radius 3 is 2.22 bits per heavy atom. The second-order valence-corrected chi connectivity index (χ2v) is 5.69. The van der Waals surface area contributed by atoms with E-state index in [0.717, 1.165) is 13.1 Å². The van der Waals surface area contributed by atoms with Gasteiger partial charge in [-0.3, -0.25) is 9.59 Å². The molecule has 3 aliphatic rings. The van der Waals surface area contributed by atoms with E-state index in [1.54, 1.807) is 0 Å². The Hall–Kier alpha value is -1.39. The van der Waals surface area contributed by atoms with Crippen LogP contribution in [0.5, 0.6) is 0 Å². The highest BCUT2D eigenvalue weighted by Gasteiger charge is 2.33. The number of amides is 2. The van der Waals surface area contributed by atoms with Gasteiger partial charge < -0.3 is 4.90 Å². The van der Waals surface area contributed by atoms with Gasteiger partial charge in [-0.2, -0.15) is 5.10 Å². The van der Waals surface area contributed by atoms with E-state index in [9.17, 15) is 9.59 Å². The maximum Gasteiger partial charge on any atom is 0.270 e. The zero-order valence-electron chi connectivity index (χ0n) is 10.5. The third kappa shape index (κ3) is 2.89. The minimum atomic E-state index is -0.0949. The smallest absolute Gasteiger partial charge is 0.270 e. The Labute approximate surface area is 107 Å². The number of rotatable bonds is 5. The Balaban J connectivity index is 1.63. The lowest BCUT2D eigenvalue weighted by atomic mass is 10.1. The summed E-state index contributed by atoms with van der Waals surface area (Å²) < 4.78 is 0. The summed E-state index contributed by atoms with van der Waals surface area (Å²) in [4.78, 5) is 25.4. The van der Waals surface area contributed by atoms with Gasteiger partial charge in [-0.1, -0.05) is 0 Å². The molecule has 0 saturated heterocycles. The molecule has 1 N–H and O–H groups in total. The summed E-state index contributed by atoms with van der Waals surface area (Å²) >= 11 is 0. The first-order chi connectivity index (χ1) is 8.72. The van der Waals surface area contributed by atoms with Crippen LogP contribution in [0.4, 0.5) is 0 Å². The van der Waals surface area contributed by atoms with Crippen LogP contribution in [0.15, 0.2) is 5.10 Å². The molecule has 0 atom stereocenters. The molecule has 3 rings (SSSR count). The van der Waals surface area contributed by atoms with E-state index in [0.29, 0.717) is 30.4 Å². The van der Waals surface area contributed by atoms with Gasteiger partial charge in [0.25, 0.3) is 5.91 Å². The van der Waals surface area contributed by atoms with E-state index in [1.807, 2.05) is 4.90 Å². The van der Waals surface area contributed by atoms with Crippen LogP contribution in [0.2, 0.25) is 0 Å². The van der Waals surface area contributed by atoms with Gasteiger partial charge in [0.1, 0.15) is 5.71 Å². The molecule has 0 bridgehead atoms. The van der Waals surface area contributed by atoms with Gasteiger partial charge in [0.05, 0.1) is 0 Å². The number of hydrogen-bond acceptors (Lipinski definition) is 3.